The molecular formula is C17H16INO2. The third-order valence-electron chi connectivity index (χ3n) is 3.55. The van der Waals surface area contributed by atoms with Gasteiger partial charge < -0.3 is 10.1 Å². The van der Waals surface area contributed by atoms with Crippen LogP contribution in [0.1, 0.15) is 17.5 Å². The van der Waals surface area contributed by atoms with E-state index in [0.717, 1.165) is 22.1 Å². The van der Waals surface area contributed by atoms with E-state index in [1.54, 1.807) is 0 Å². The molecule has 4 heteroatoms. The highest BCUT2D eigenvalue weighted by Crippen LogP contribution is 2.24. The fourth-order valence-electron chi connectivity index (χ4n) is 2.55. The van der Waals surface area contributed by atoms with Gasteiger partial charge in [0.25, 0.3) is 5.91 Å². The van der Waals surface area contributed by atoms with E-state index in [1.165, 1.54) is 17.5 Å². The van der Waals surface area contributed by atoms with Crippen molar-refractivity contribution in [2.45, 2.75) is 19.3 Å². The maximum atomic E-state index is 11.9. The Labute approximate surface area is 137 Å². The average Bonchev–Trinajstić information content (AvgIpc) is 2.93. The Morgan fingerprint density at radius 1 is 1.14 bits per heavy atom. The second-order valence-corrected chi connectivity index (χ2v) is 6.38. The quantitative estimate of drug-likeness (QED) is 0.803. The van der Waals surface area contributed by atoms with Gasteiger partial charge >= 0.3 is 0 Å². The molecule has 0 unspecified atom stereocenters. The number of fused-ring (bicyclic) bond motifs is 1. The number of halogens is 1. The van der Waals surface area contributed by atoms with Gasteiger partial charge in [-0.25, -0.2) is 0 Å². The number of carbonyl (C=O) groups is 1. The molecule has 2 aromatic carbocycles. The number of anilines is 1. The van der Waals surface area contributed by atoms with E-state index in [-0.39, 0.29) is 12.5 Å². The van der Waals surface area contributed by atoms with Crippen molar-refractivity contribution >= 4 is 34.2 Å². The van der Waals surface area contributed by atoms with Gasteiger partial charge in [0.05, 0.1) is 0 Å². The van der Waals surface area contributed by atoms with Gasteiger partial charge in [-0.3, -0.25) is 4.79 Å². The van der Waals surface area contributed by atoms with Crippen molar-refractivity contribution in [1.82, 2.24) is 0 Å². The molecule has 0 aliphatic heterocycles. The second kappa shape index (κ2) is 6.47. The van der Waals surface area contributed by atoms with Crippen molar-refractivity contribution in [2.75, 3.05) is 11.9 Å². The zero-order chi connectivity index (χ0) is 14.7. The Bertz CT molecular complexity index is 670. The first-order valence-corrected chi connectivity index (χ1v) is 8.08. The molecule has 108 valence electrons. The van der Waals surface area contributed by atoms with Gasteiger partial charge in [-0.1, -0.05) is 12.1 Å². The first kappa shape index (κ1) is 14.4. The molecule has 0 fully saturated rings. The Balaban J connectivity index is 1.57. The number of hydrogen-bond donors (Lipinski definition) is 1. The molecule has 1 amide bonds. The Hall–Kier alpha value is -1.56. The minimum absolute atomic E-state index is 0.0250. The SMILES string of the molecule is O=C(COc1cccc(I)c1)Nc1ccc2c(c1)CCC2. The topological polar surface area (TPSA) is 38.3 Å². The number of aryl methyl sites for hydroxylation is 2. The summed E-state index contributed by atoms with van der Waals surface area (Å²) in [5, 5.41) is 2.89. The predicted octanol–water partition coefficient (Wildman–Crippen LogP) is 3.80. The zero-order valence-electron chi connectivity index (χ0n) is 11.6. The maximum Gasteiger partial charge on any atom is 0.262 e. The molecular weight excluding hydrogens is 377 g/mol. The molecule has 3 nitrogen and oxygen atoms in total. The van der Waals surface area contributed by atoms with Crippen LogP contribution in [0.2, 0.25) is 0 Å². The summed E-state index contributed by atoms with van der Waals surface area (Å²) in [6.45, 7) is 0.0250. The van der Waals surface area contributed by atoms with Crippen LogP contribution in [-0.4, -0.2) is 12.5 Å². The summed E-state index contributed by atoms with van der Waals surface area (Å²) in [5.74, 6) is 0.581. The standard InChI is InChI=1S/C17H16INO2/c18-14-5-2-6-16(10-14)21-11-17(20)19-15-8-7-12-3-1-4-13(12)9-15/h2,5-10H,1,3-4,11H2,(H,19,20). The van der Waals surface area contributed by atoms with Crippen LogP contribution in [0.25, 0.3) is 0 Å². The average molecular weight is 393 g/mol. The van der Waals surface area contributed by atoms with Crippen molar-refractivity contribution in [3.8, 4) is 5.75 Å². The van der Waals surface area contributed by atoms with Gasteiger partial charge in [0.15, 0.2) is 6.61 Å². The summed E-state index contributed by atoms with van der Waals surface area (Å²) in [7, 11) is 0. The predicted molar refractivity (Wildman–Crippen MR) is 91.8 cm³/mol. The molecule has 0 saturated heterocycles. The molecule has 0 radical (unpaired) electrons. The summed E-state index contributed by atoms with van der Waals surface area (Å²) in [4.78, 5) is 11.9. The van der Waals surface area contributed by atoms with Crippen LogP contribution in [0.15, 0.2) is 42.5 Å². The third-order valence-corrected chi connectivity index (χ3v) is 4.22. The largest absolute Gasteiger partial charge is 0.484 e. The van der Waals surface area contributed by atoms with E-state index in [4.69, 9.17) is 4.74 Å². The highest BCUT2D eigenvalue weighted by Gasteiger charge is 2.12. The fourth-order valence-corrected chi connectivity index (χ4v) is 3.07. The first-order chi connectivity index (χ1) is 10.2. The lowest BCUT2D eigenvalue weighted by Gasteiger charge is -2.09. The van der Waals surface area contributed by atoms with Crippen LogP contribution in [0.3, 0.4) is 0 Å². The van der Waals surface area contributed by atoms with Crippen molar-refractivity contribution in [1.29, 1.82) is 0 Å². The maximum absolute atomic E-state index is 11.9. The number of hydrogen-bond acceptors (Lipinski definition) is 2. The normalized spacial score (nSPS) is 12.8. The molecule has 0 spiro atoms. The Kier molecular flexibility index (Phi) is 4.43. The molecule has 21 heavy (non-hydrogen) atoms. The molecule has 0 atom stereocenters. The number of ether oxygens (including phenoxy) is 1. The molecule has 0 heterocycles. The fraction of sp³-hybridized carbons (Fsp3) is 0.235. The number of amides is 1. The van der Waals surface area contributed by atoms with Crippen molar-refractivity contribution in [2.24, 2.45) is 0 Å². The number of carbonyl (C=O) groups excluding carboxylic acids is 1. The molecule has 3 rings (SSSR count). The minimum Gasteiger partial charge on any atom is -0.484 e. The highest BCUT2D eigenvalue weighted by atomic mass is 127. The van der Waals surface area contributed by atoms with E-state index < -0.39 is 0 Å². The van der Waals surface area contributed by atoms with Crippen LogP contribution in [0.5, 0.6) is 5.75 Å². The molecule has 2 aromatic rings. The Morgan fingerprint density at radius 3 is 2.86 bits per heavy atom. The molecule has 0 bridgehead atoms. The van der Waals surface area contributed by atoms with Crippen LogP contribution in [0.4, 0.5) is 5.69 Å². The van der Waals surface area contributed by atoms with Gasteiger partial charge in [0.2, 0.25) is 0 Å². The monoisotopic (exact) mass is 393 g/mol. The van der Waals surface area contributed by atoms with E-state index in [0.29, 0.717) is 5.75 Å². The zero-order valence-corrected chi connectivity index (χ0v) is 13.7. The number of nitrogens with one attached hydrogen (secondary N) is 1. The van der Waals surface area contributed by atoms with Crippen LogP contribution >= 0.6 is 22.6 Å². The Morgan fingerprint density at radius 2 is 2.00 bits per heavy atom. The number of rotatable bonds is 4. The molecule has 1 aliphatic rings. The molecule has 1 N–H and O–H groups in total. The van der Waals surface area contributed by atoms with Crippen LogP contribution in [-0.2, 0) is 17.6 Å². The van der Waals surface area contributed by atoms with E-state index in [9.17, 15) is 4.79 Å². The van der Waals surface area contributed by atoms with Gasteiger partial charge in [0.1, 0.15) is 5.75 Å². The van der Waals surface area contributed by atoms with E-state index in [2.05, 4.69) is 40.0 Å². The van der Waals surface area contributed by atoms with E-state index >= 15 is 0 Å². The van der Waals surface area contributed by atoms with Gasteiger partial charge in [-0.2, -0.15) is 0 Å². The van der Waals surface area contributed by atoms with E-state index in [1.807, 2.05) is 30.3 Å². The van der Waals surface area contributed by atoms with Crippen molar-refractivity contribution in [3.63, 3.8) is 0 Å². The van der Waals surface area contributed by atoms with Crippen molar-refractivity contribution in [3.05, 3.63) is 57.2 Å². The van der Waals surface area contributed by atoms with Gasteiger partial charge in [-0.15, -0.1) is 0 Å². The summed E-state index contributed by atoms with van der Waals surface area (Å²) < 4.78 is 6.58. The molecule has 0 aromatic heterocycles. The lowest BCUT2D eigenvalue weighted by atomic mass is 10.1. The molecule has 0 saturated carbocycles. The molecule has 1 aliphatic carbocycles. The number of benzene rings is 2. The lowest BCUT2D eigenvalue weighted by molar-refractivity contribution is -0.118. The van der Waals surface area contributed by atoms with Crippen molar-refractivity contribution < 1.29 is 9.53 Å². The lowest BCUT2D eigenvalue weighted by Crippen LogP contribution is -2.20. The van der Waals surface area contributed by atoms with Crippen LogP contribution in [0, 0.1) is 3.57 Å². The summed E-state index contributed by atoms with van der Waals surface area (Å²) in [6.07, 6.45) is 3.47. The van der Waals surface area contributed by atoms with Gasteiger partial charge in [-0.05, 0) is 83.3 Å². The highest BCUT2D eigenvalue weighted by molar-refractivity contribution is 14.1. The minimum atomic E-state index is -0.133. The summed E-state index contributed by atoms with van der Waals surface area (Å²) in [5.41, 5.74) is 3.61. The third kappa shape index (κ3) is 3.75. The smallest absolute Gasteiger partial charge is 0.262 e. The first-order valence-electron chi connectivity index (χ1n) is 7.01. The van der Waals surface area contributed by atoms with Crippen LogP contribution < -0.4 is 10.1 Å². The summed E-state index contributed by atoms with van der Waals surface area (Å²) in [6, 6.07) is 13.8. The second-order valence-electron chi connectivity index (χ2n) is 5.13. The summed E-state index contributed by atoms with van der Waals surface area (Å²) >= 11 is 2.22. The van der Waals surface area contributed by atoms with Gasteiger partial charge in [0, 0.05) is 9.26 Å².